The van der Waals surface area contributed by atoms with Crippen molar-refractivity contribution >= 4 is 16.8 Å². The normalized spacial score (nSPS) is 26.3. The fraction of sp³-hybridized carbons (Fsp3) is 0.320. The molecule has 30 heavy (non-hydrogen) atoms. The highest BCUT2D eigenvalue weighted by Crippen LogP contribution is 2.42. The highest BCUT2D eigenvalue weighted by molar-refractivity contribution is 5.93. The highest BCUT2D eigenvalue weighted by atomic mass is 16.2. The number of carbonyl (C=O) groups excluding carboxylic acids is 1. The molecule has 5 heterocycles. The van der Waals surface area contributed by atoms with Gasteiger partial charge < -0.3 is 5.32 Å². The maximum Gasteiger partial charge on any atom is 0.270 e. The Labute approximate surface area is 176 Å². The number of nitrogens with zero attached hydrogens (tertiary/aromatic N) is 3. The van der Waals surface area contributed by atoms with Crippen molar-refractivity contribution in [2.45, 2.75) is 24.9 Å². The Morgan fingerprint density at radius 2 is 2.00 bits per heavy atom. The van der Waals surface area contributed by atoms with E-state index >= 15 is 0 Å². The summed E-state index contributed by atoms with van der Waals surface area (Å²) in [5.41, 5.74) is 2.52. The van der Waals surface area contributed by atoms with Crippen molar-refractivity contribution in [3.63, 3.8) is 0 Å². The number of aromatic nitrogens is 2. The third kappa shape index (κ3) is 3.39. The fourth-order valence-corrected chi connectivity index (χ4v) is 5.21. The van der Waals surface area contributed by atoms with Crippen LogP contribution in [0.1, 0.15) is 34.9 Å². The van der Waals surface area contributed by atoms with Crippen LogP contribution in [-0.4, -0.2) is 39.9 Å². The number of pyridine rings is 2. The van der Waals surface area contributed by atoms with Crippen LogP contribution in [0, 0.1) is 11.8 Å². The van der Waals surface area contributed by atoms with Crippen LogP contribution in [0.15, 0.2) is 73.6 Å². The van der Waals surface area contributed by atoms with E-state index in [0.29, 0.717) is 17.5 Å². The first-order valence-corrected chi connectivity index (χ1v) is 10.7. The Balaban J connectivity index is 1.54. The minimum absolute atomic E-state index is 0.124. The summed E-state index contributed by atoms with van der Waals surface area (Å²) in [4.78, 5) is 24.4. The summed E-state index contributed by atoms with van der Waals surface area (Å²) in [6.45, 7) is 6.13. The van der Waals surface area contributed by atoms with Crippen LogP contribution < -0.4 is 5.32 Å². The number of hydrogen-bond acceptors (Lipinski definition) is 4. The molecule has 0 saturated carbocycles. The molecule has 1 N–H and O–H groups in total. The van der Waals surface area contributed by atoms with Crippen molar-refractivity contribution in [2.75, 3.05) is 13.1 Å². The number of nitrogens with one attached hydrogen (secondary N) is 1. The Bertz CT molecular complexity index is 1060. The molecule has 1 unspecified atom stereocenters. The summed E-state index contributed by atoms with van der Waals surface area (Å²) in [5.74, 6) is 1.03. The lowest BCUT2D eigenvalue weighted by molar-refractivity contribution is 0.00167. The smallest absolute Gasteiger partial charge is 0.270 e. The van der Waals surface area contributed by atoms with E-state index in [4.69, 9.17) is 0 Å². The summed E-state index contributed by atoms with van der Waals surface area (Å²) < 4.78 is 0. The molecular formula is C25H26N4O. The van der Waals surface area contributed by atoms with E-state index in [2.05, 4.69) is 45.0 Å². The average molecular weight is 399 g/mol. The number of fused-ring (bicyclic) bond motifs is 4. The molecule has 3 saturated heterocycles. The molecule has 3 aromatic rings. The molecule has 3 aliphatic heterocycles. The van der Waals surface area contributed by atoms with Crippen molar-refractivity contribution < 1.29 is 4.79 Å². The van der Waals surface area contributed by atoms with Gasteiger partial charge in [-0.3, -0.25) is 19.7 Å². The van der Waals surface area contributed by atoms with Crippen LogP contribution in [0.3, 0.4) is 0 Å². The SMILES string of the molecule is C=C[C@H]1CN2CC[C@H]1C[C@@H]2[C@H](NC(=O)c1ccccn1)c1ccnc2ccccc12. The van der Waals surface area contributed by atoms with Crippen molar-refractivity contribution in [1.82, 2.24) is 20.2 Å². The zero-order chi connectivity index (χ0) is 20.5. The van der Waals surface area contributed by atoms with Crippen molar-refractivity contribution in [3.05, 3.63) is 84.8 Å². The molecule has 2 bridgehead atoms. The Kier molecular flexibility index (Phi) is 5.05. The van der Waals surface area contributed by atoms with Gasteiger partial charge in [-0.25, -0.2) is 0 Å². The summed E-state index contributed by atoms with van der Waals surface area (Å²) in [5, 5.41) is 4.42. The first kappa shape index (κ1) is 18.9. The molecule has 3 fully saturated rings. The number of para-hydroxylation sites is 1. The predicted molar refractivity (Wildman–Crippen MR) is 118 cm³/mol. The fourth-order valence-electron chi connectivity index (χ4n) is 5.21. The molecule has 0 aliphatic carbocycles. The number of piperidine rings is 3. The van der Waals surface area contributed by atoms with Crippen LogP contribution in [0.4, 0.5) is 0 Å². The Morgan fingerprint density at radius 1 is 1.13 bits per heavy atom. The lowest BCUT2D eigenvalue weighted by Crippen LogP contribution is -2.57. The van der Waals surface area contributed by atoms with Gasteiger partial charge in [-0.15, -0.1) is 6.58 Å². The Hall–Kier alpha value is -3.05. The van der Waals surface area contributed by atoms with Crippen LogP contribution in [-0.2, 0) is 0 Å². The molecule has 1 amide bonds. The van der Waals surface area contributed by atoms with E-state index in [-0.39, 0.29) is 18.0 Å². The zero-order valence-corrected chi connectivity index (χ0v) is 16.9. The van der Waals surface area contributed by atoms with E-state index in [1.165, 1.54) is 6.42 Å². The van der Waals surface area contributed by atoms with E-state index in [9.17, 15) is 4.79 Å². The Morgan fingerprint density at radius 3 is 2.77 bits per heavy atom. The average Bonchev–Trinajstić information content (AvgIpc) is 2.83. The zero-order valence-electron chi connectivity index (χ0n) is 16.9. The largest absolute Gasteiger partial charge is 0.342 e. The highest BCUT2D eigenvalue weighted by Gasteiger charge is 2.43. The second-order valence-corrected chi connectivity index (χ2v) is 8.33. The summed E-state index contributed by atoms with van der Waals surface area (Å²) in [6, 6.07) is 15.8. The van der Waals surface area contributed by atoms with Gasteiger partial charge in [-0.1, -0.05) is 30.3 Å². The maximum atomic E-state index is 13.1. The van der Waals surface area contributed by atoms with Gasteiger partial charge in [-0.05, 0) is 61.1 Å². The van der Waals surface area contributed by atoms with Gasteiger partial charge >= 0.3 is 0 Å². The standard InChI is InChI=1S/C25H26N4O/c1-2-17-16-29-14-11-18(17)15-23(29)24(28-25(30)22-9-5-6-12-26-22)20-10-13-27-21-8-4-3-7-19(20)21/h2-10,12-13,17-18,23-24H,1,11,14-16H2,(H,28,30)/t17-,18-,23+,24+/m0/s1. The second kappa shape index (κ2) is 8.00. The van der Waals surface area contributed by atoms with Gasteiger partial charge in [0.15, 0.2) is 0 Å². The lowest BCUT2D eigenvalue weighted by atomic mass is 9.73. The molecule has 0 radical (unpaired) electrons. The molecule has 2 aromatic heterocycles. The predicted octanol–water partition coefficient (Wildman–Crippen LogP) is 4.00. The number of rotatable bonds is 5. The van der Waals surface area contributed by atoms with E-state index in [1.54, 1.807) is 12.3 Å². The first-order chi connectivity index (χ1) is 14.7. The number of benzene rings is 1. The van der Waals surface area contributed by atoms with Crippen LogP contribution in [0.2, 0.25) is 0 Å². The molecule has 3 aliphatic rings. The minimum atomic E-state index is -0.135. The molecule has 152 valence electrons. The number of hydrogen-bond donors (Lipinski definition) is 1. The van der Waals surface area contributed by atoms with Gasteiger partial charge in [0.25, 0.3) is 5.91 Å². The number of amides is 1. The van der Waals surface area contributed by atoms with Crippen LogP contribution in [0.25, 0.3) is 10.9 Å². The number of carbonyl (C=O) groups is 1. The molecule has 5 nitrogen and oxygen atoms in total. The van der Waals surface area contributed by atoms with Crippen molar-refractivity contribution in [2.24, 2.45) is 11.8 Å². The lowest BCUT2D eigenvalue weighted by Gasteiger charge is -2.51. The van der Waals surface area contributed by atoms with E-state index in [0.717, 1.165) is 36.0 Å². The van der Waals surface area contributed by atoms with Gasteiger partial charge in [0.05, 0.1) is 11.6 Å². The summed E-state index contributed by atoms with van der Waals surface area (Å²) in [7, 11) is 0. The van der Waals surface area contributed by atoms with Gasteiger partial charge in [-0.2, -0.15) is 0 Å². The topological polar surface area (TPSA) is 58.1 Å². The molecule has 6 rings (SSSR count). The minimum Gasteiger partial charge on any atom is -0.342 e. The van der Waals surface area contributed by atoms with Crippen LogP contribution >= 0.6 is 0 Å². The van der Waals surface area contributed by atoms with Gasteiger partial charge in [0.1, 0.15) is 5.69 Å². The van der Waals surface area contributed by atoms with Crippen LogP contribution in [0.5, 0.6) is 0 Å². The third-order valence-corrected chi connectivity index (χ3v) is 6.74. The quantitative estimate of drug-likeness (QED) is 0.660. The van der Waals surface area contributed by atoms with Crippen molar-refractivity contribution in [3.8, 4) is 0 Å². The third-order valence-electron chi connectivity index (χ3n) is 6.74. The van der Waals surface area contributed by atoms with Gasteiger partial charge in [0, 0.05) is 30.4 Å². The summed E-state index contributed by atoms with van der Waals surface area (Å²) >= 11 is 0. The molecule has 5 heteroatoms. The first-order valence-electron chi connectivity index (χ1n) is 10.7. The molecule has 0 spiro atoms. The molecule has 5 atom stereocenters. The van der Waals surface area contributed by atoms with E-state index < -0.39 is 0 Å². The van der Waals surface area contributed by atoms with Crippen molar-refractivity contribution in [1.29, 1.82) is 0 Å². The summed E-state index contributed by atoms with van der Waals surface area (Å²) in [6.07, 6.45) is 7.87. The second-order valence-electron chi connectivity index (χ2n) is 8.33. The molecule has 1 aromatic carbocycles. The molecular weight excluding hydrogens is 372 g/mol. The van der Waals surface area contributed by atoms with E-state index in [1.807, 2.05) is 36.5 Å². The maximum absolute atomic E-state index is 13.1. The monoisotopic (exact) mass is 398 g/mol. The van der Waals surface area contributed by atoms with Gasteiger partial charge in [0.2, 0.25) is 0 Å².